The summed E-state index contributed by atoms with van der Waals surface area (Å²) in [6.07, 6.45) is 8.83. The van der Waals surface area contributed by atoms with Gasteiger partial charge in [-0.05, 0) is 12.1 Å². The number of halogens is 1. The van der Waals surface area contributed by atoms with Gasteiger partial charge in [-0.25, -0.2) is 0 Å². The van der Waals surface area contributed by atoms with Gasteiger partial charge in [-0.3, -0.25) is 4.98 Å². The number of hydrogen-bond donors (Lipinski definition) is 0. The van der Waals surface area contributed by atoms with E-state index in [1.54, 1.807) is 18.5 Å². The number of benzene rings is 1. The molecule has 1 aromatic heterocycles. The fourth-order valence-electron chi connectivity index (χ4n) is 1.41. The van der Waals surface area contributed by atoms with Gasteiger partial charge in [0.05, 0.1) is 0 Å². The molecular weight excluding hydrogens is 206 g/mol. The lowest BCUT2D eigenvalue weighted by molar-refractivity contribution is 1.32. The lowest BCUT2D eigenvalue weighted by atomic mass is 10.0. The van der Waals surface area contributed by atoms with Crippen LogP contribution in [0.3, 0.4) is 0 Å². The summed E-state index contributed by atoms with van der Waals surface area (Å²) < 4.78 is 0. The summed E-state index contributed by atoms with van der Waals surface area (Å²) in [6.45, 7) is 0. The van der Waals surface area contributed by atoms with Crippen molar-refractivity contribution in [3.8, 4) is 23.5 Å². The van der Waals surface area contributed by atoms with E-state index in [2.05, 4.69) is 10.9 Å². The summed E-state index contributed by atoms with van der Waals surface area (Å²) in [5.41, 5.74) is 2.61. The Hall–Kier alpha value is -1.78. The van der Waals surface area contributed by atoms with Gasteiger partial charge >= 0.3 is 0 Å². The quantitative estimate of drug-likeness (QED) is 0.662. The molecule has 0 aliphatic heterocycles. The molecule has 1 nitrogen and oxygen atoms in total. The second-order valence-corrected chi connectivity index (χ2v) is 3.45. The van der Waals surface area contributed by atoms with Crippen molar-refractivity contribution in [2.75, 3.05) is 0 Å². The van der Waals surface area contributed by atoms with Gasteiger partial charge in [0.15, 0.2) is 0 Å². The first-order valence-electron chi connectivity index (χ1n) is 4.48. The van der Waals surface area contributed by atoms with Crippen LogP contribution in [0.4, 0.5) is 0 Å². The molecule has 0 unspecified atom stereocenters. The Kier molecular flexibility index (Phi) is 2.71. The van der Waals surface area contributed by atoms with Gasteiger partial charge in [0.25, 0.3) is 0 Å². The van der Waals surface area contributed by atoms with Crippen molar-refractivity contribution in [3.05, 3.63) is 53.3 Å². The predicted molar refractivity (Wildman–Crippen MR) is 62.6 cm³/mol. The van der Waals surface area contributed by atoms with Gasteiger partial charge in [-0.2, -0.15) is 0 Å². The van der Waals surface area contributed by atoms with Gasteiger partial charge in [0, 0.05) is 34.1 Å². The van der Waals surface area contributed by atoms with Crippen LogP contribution in [0.2, 0.25) is 5.02 Å². The van der Waals surface area contributed by atoms with Crippen LogP contribution in [0.1, 0.15) is 5.56 Å². The highest BCUT2D eigenvalue weighted by Gasteiger charge is 2.06. The average molecular weight is 214 g/mol. The van der Waals surface area contributed by atoms with E-state index in [1.165, 1.54) is 0 Å². The maximum atomic E-state index is 6.09. The lowest BCUT2D eigenvalue weighted by Crippen LogP contribution is -1.86. The van der Waals surface area contributed by atoms with E-state index in [0.29, 0.717) is 5.02 Å². The van der Waals surface area contributed by atoms with Crippen LogP contribution in [0.25, 0.3) is 11.1 Å². The topological polar surface area (TPSA) is 12.9 Å². The normalized spacial score (nSPS) is 9.60. The second-order valence-electron chi connectivity index (χ2n) is 3.05. The Morgan fingerprint density at radius 3 is 2.67 bits per heavy atom. The zero-order valence-corrected chi connectivity index (χ0v) is 8.70. The molecule has 0 saturated heterocycles. The van der Waals surface area contributed by atoms with Crippen molar-refractivity contribution in [2.24, 2.45) is 0 Å². The maximum Gasteiger partial charge on any atom is 0.0485 e. The molecule has 1 heterocycles. The first-order chi connectivity index (χ1) is 7.33. The summed E-state index contributed by atoms with van der Waals surface area (Å²) in [4.78, 5) is 4.06. The SMILES string of the molecule is C#Cc1ccncc1-c1ccccc1Cl. The smallest absolute Gasteiger partial charge is 0.0485 e. The van der Waals surface area contributed by atoms with E-state index in [0.717, 1.165) is 16.7 Å². The monoisotopic (exact) mass is 213 g/mol. The van der Waals surface area contributed by atoms with E-state index >= 15 is 0 Å². The van der Waals surface area contributed by atoms with Gasteiger partial charge < -0.3 is 0 Å². The molecular formula is C13H8ClN. The highest BCUT2D eigenvalue weighted by molar-refractivity contribution is 6.33. The van der Waals surface area contributed by atoms with Crippen molar-refractivity contribution in [3.63, 3.8) is 0 Å². The average Bonchev–Trinajstić information content (AvgIpc) is 2.30. The van der Waals surface area contributed by atoms with Crippen LogP contribution in [0.15, 0.2) is 42.7 Å². The zero-order valence-electron chi connectivity index (χ0n) is 7.94. The van der Waals surface area contributed by atoms with Crippen LogP contribution in [0.5, 0.6) is 0 Å². The van der Waals surface area contributed by atoms with Crippen molar-refractivity contribution in [2.45, 2.75) is 0 Å². The number of rotatable bonds is 1. The van der Waals surface area contributed by atoms with Gasteiger partial charge in [-0.15, -0.1) is 6.42 Å². The van der Waals surface area contributed by atoms with Gasteiger partial charge in [-0.1, -0.05) is 35.7 Å². The molecule has 0 bridgehead atoms. The van der Waals surface area contributed by atoms with Gasteiger partial charge in [0.2, 0.25) is 0 Å². The molecule has 2 heteroatoms. The minimum atomic E-state index is 0.682. The highest BCUT2D eigenvalue weighted by atomic mass is 35.5. The summed E-state index contributed by atoms with van der Waals surface area (Å²) in [5, 5.41) is 0.682. The summed E-state index contributed by atoms with van der Waals surface area (Å²) in [7, 11) is 0. The molecule has 0 aliphatic carbocycles. The number of aromatic nitrogens is 1. The van der Waals surface area contributed by atoms with Crippen LogP contribution in [0, 0.1) is 12.3 Å². The Morgan fingerprint density at radius 1 is 1.13 bits per heavy atom. The number of nitrogens with zero attached hydrogens (tertiary/aromatic N) is 1. The maximum absolute atomic E-state index is 6.09. The largest absolute Gasteiger partial charge is 0.264 e. The lowest BCUT2D eigenvalue weighted by Gasteiger charge is -2.05. The first-order valence-corrected chi connectivity index (χ1v) is 4.86. The standard InChI is InChI=1S/C13H8ClN/c1-2-10-7-8-15-9-12(10)11-5-3-4-6-13(11)14/h1,3-9H. The van der Waals surface area contributed by atoms with Crippen LogP contribution in [-0.2, 0) is 0 Å². The molecule has 0 amide bonds. The molecule has 0 fully saturated rings. The molecule has 15 heavy (non-hydrogen) atoms. The first kappa shape index (κ1) is 9.76. The van der Waals surface area contributed by atoms with E-state index in [1.807, 2.05) is 24.3 Å². The molecule has 2 aromatic rings. The van der Waals surface area contributed by atoms with Crippen molar-refractivity contribution in [1.82, 2.24) is 4.98 Å². The molecule has 0 saturated carbocycles. The summed E-state index contributed by atoms with van der Waals surface area (Å²) in [5.74, 6) is 2.62. The molecule has 2 rings (SSSR count). The van der Waals surface area contributed by atoms with E-state index < -0.39 is 0 Å². The Morgan fingerprint density at radius 2 is 1.93 bits per heavy atom. The Labute approximate surface area is 93.7 Å². The number of terminal acetylenes is 1. The minimum absolute atomic E-state index is 0.682. The van der Waals surface area contributed by atoms with Crippen molar-refractivity contribution < 1.29 is 0 Å². The third-order valence-electron chi connectivity index (χ3n) is 2.14. The van der Waals surface area contributed by atoms with Crippen LogP contribution >= 0.6 is 11.6 Å². The molecule has 72 valence electrons. The van der Waals surface area contributed by atoms with Gasteiger partial charge in [0.1, 0.15) is 0 Å². The Bertz CT molecular complexity index is 526. The number of hydrogen-bond acceptors (Lipinski definition) is 1. The van der Waals surface area contributed by atoms with Crippen LogP contribution in [-0.4, -0.2) is 4.98 Å². The van der Waals surface area contributed by atoms with E-state index in [4.69, 9.17) is 18.0 Å². The molecule has 0 atom stereocenters. The zero-order chi connectivity index (χ0) is 10.7. The molecule has 0 spiro atoms. The summed E-state index contributed by atoms with van der Waals surface area (Å²) >= 11 is 6.09. The second kappa shape index (κ2) is 4.16. The molecule has 1 aromatic carbocycles. The predicted octanol–water partition coefficient (Wildman–Crippen LogP) is 3.38. The molecule has 0 N–H and O–H groups in total. The third-order valence-corrected chi connectivity index (χ3v) is 2.47. The van der Waals surface area contributed by atoms with E-state index in [9.17, 15) is 0 Å². The minimum Gasteiger partial charge on any atom is -0.264 e. The van der Waals surface area contributed by atoms with Crippen molar-refractivity contribution in [1.29, 1.82) is 0 Å². The third kappa shape index (κ3) is 1.86. The highest BCUT2D eigenvalue weighted by Crippen LogP contribution is 2.28. The van der Waals surface area contributed by atoms with E-state index in [-0.39, 0.29) is 0 Å². The molecule has 0 radical (unpaired) electrons. The van der Waals surface area contributed by atoms with Crippen LogP contribution < -0.4 is 0 Å². The Balaban J connectivity index is 2.65. The fourth-order valence-corrected chi connectivity index (χ4v) is 1.65. The van der Waals surface area contributed by atoms with Crippen molar-refractivity contribution >= 4 is 11.6 Å². The number of pyridine rings is 1. The fraction of sp³-hybridized carbons (Fsp3) is 0. The molecule has 0 aliphatic rings. The summed E-state index contributed by atoms with van der Waals surface area (Å²) in [6, 6.07) is 9.38.